The molecule has 0 aliphatic heterocycles. The van der Waals surface area contributed by atoms with Gasteiger partial charge in [-0.25, -0.2) is 4.98 Å². The second kappa shape index (κ2) is 4.91. The Labute approximate surface area is 105 Å². The molecule has 0 aliphatic rings. The smallest absolute Gasteiger partial charge is 0.293 e. The molecule has 0 amide bonds. The van der Waals surface area contributed by atoms with Gasteiger partial charge in [0.05, 0.1) is 0 Å². The van der Waals surface area contributed by atoms with Crippen molar-refractivity contribution in [2.45, 2.75) is 6.54 Å². The number of nitrogens with zero attached hydrogens (tertiary/aromatic N) is 3. The van der Waals surface area contributed by atoms with Crippen LogP contribution >= 0.6 is 0 Å². The molecule has 2 rings (SSSR count). The van der Waals surface area contributed by atoms with Crippen molar-refractivity contribution >= 4 is 11.5 Å². The SMILES string of the molecule is CN(Cc1cccc(N)c1)c1nccn(C)c1=O. The summed E-state index contributed by atoms with van der Waals surface area (Å²) in [6, 6.07) is 7.60. The number of rotatable bonds is 3. The highest BCUT2D eigenvalue weighted by Gasteiger charge is 2.09. The molecule has 5 heteroatoms. The van der Waals surface area contributed by atoms with Gasteiger partial charge in [0.15, 0.2) is 5.82 Å². The molecule has 1 aromatic carbocycles. The first kappa shape index (κ1) is 12.2. The van der Waals surface area contributed by atoms with Crippen LogP contribution in [0.4, 0.5) is 11.5 Å². The highest BCUT2D eigenvalue weighted by molar-refractivity contribution is 5.43. The van der Waals surface area contributed by atoms with Crippen LogP contribution < -0.4 is 16.2 Å². The van der Waals surface area contributed by atoms with E-state index in [-0.39, 0.29) is 5.56 Å². The maximum atomic E-state index is 11.9. The van der Waals surface area contributed by atoms with Crippen molar-refractivity contribution in [3.05, 3.63) is 52.6 Å². The van der Waals surface area contributed by atoms with Crippen LogP contribution in [0.2, 0.25) is 0 Å². The first-order valence-electron chi connectivity index (χ1n) is 5.65. The largest absolute Gasteiger partial charge is 0.399 e. The summed E-state index contributed by atoms with van der Waals surface area (Å²) in [5, 5.41) is 0. The Hall–Kier alpha value is -2.30. The number of nitrogens with two attached hydrogens (primary N) is 1. The second-order valence-corrected chi connectivity index (χ2v) is 4.27. The van der Waals surface area contributed by atoms with Crippen LogP contribution in [-0.4, -0.2) is 16.6 Å². The number of hydrogen-bond donors (Lipinski definition) is 1. The van der Waals surface area contributed by atoms with Gasteiger partial charge in [0.2, 0.25) is 0 Å². The van der Waals surface area contributed by atoms with E-state index in [0.717, 1.165) is 11.3 Å². The minimum Gasteiger partial charge on any atom is -0.399 e. The molecule has 0 fully saturated rings. The molecule has 0 atom stereocenters. The van der Waals surface area contributed by atoms with E-state index in [1.54, 1.807) is 19.4 Å². The molecule has 0 radical (unpaired) electrons. The zero-order valence-corrected chi connectivity index (χ0v) is 10.5. The number of anilines is 2. The molecule has 0 saturated carbocycles. The average Bonchev–Trinajstić information content (AvgIpc) is 2.32. The molecule has 0 bridgehead atoms. The third kappa shape index (κ3) is 2.51. The summed E-state index contributed by atoms with van der Waals surface area (Å²) < 4.78 is 1.51. The van der Waals surface area contributed by atoms with Gasteiger partial charge in [0, 0.05) is 38.7 Å². The third-order valence-corrected chi connectivity index (χ3v) is 2.73. The number of aryl methyl sites for hydroxylation is 1. The Morgan fingerprint density at radius 2 is 2.22 bits per heavy atom. The predicted octanol–water partition coefficient (Wildman–Crippen LogP) is 0.999. The van der Waals surface area contributed by atoms with Gasteiger partial charge in [-0.15, -0.1) is 0 Å². The number of hydrogen-bond acceptors (Lipinski definition) is 4. The molecule has 5 nitrogen and oxygen atoms in total. The van der Waals surface area contributed by atoms with Crippen LogP contribution in [0, 0.1) is 0 Å². The number of benzene rings is 1. The molecule has 94 valence electrons. The maximum absolute atomic E-state index is 11.9. The van der Waals surface area contributed by atoms with Crippen LogP contribution in [0.15, 0.2) is 41.5 Å². The summed E-state index contributed by atoms with van der Waals surface area (Å²) in [5.74, 6) is 0.433. The molecular formula is C13H16N4O. The summed E-state index contributed by atoms with van der Waals surface area (Å²) in [7, 11) is 3.55. The van der Waals surface area contributed by atoms with Gasteiger partial charge in [0.1, 0.15) is 0 Å². The Kier molecular flexibility index (Phi) is 3.32. The Morgan fingerprint density at radius 1 is 1.44 bits per heavy atom. The van der Waals surface area contributed by atoms with E-state index in [4.69, 9.17) is 5.73 Å². The molecule has 2 aromatic rings. The predicted molar refractivity (Wildman–Crippen MR) is 72.4 cm³/mol. The van der Waals surface area contributed by atoms with Gasteiger partial charge < -0.3 is 15.2 Å². The lowest BCUT2D eigenvalue weighted by Crippen LogP contribution is -2.29. The minimum atomic E-state index is -0.107. The summed E-state index contributed by atoms with van der Waals surface area (Å²) in [5.41, 5.74) is 7.38. The van der Waals surface area contributed by atoms with Crippen molar-refractivity contribution < 1.29 is 0 Å². The van der Waals surface area contributed by atoms with Crippen LogP contribution in [0.5, 0.6) is 0 Å². The highest BCUT2D eigenvalue weighted by Crippen LogP contribution is 2.11. The van der Waals surface area contributed by atoms with Crippen LogP contribution in [0.3, 0.4) is 0 Å². The zero-order valence-electron chi connectivity index (χ0n) is 10.5. The maximum Gasteiger partial charge on any atom is 0.293 e. The van der Waals surface area contributed by atoms with Crippen molar-refractivity contribution in [1.29, 1.82) is 0 Å². The van der Waals surface area contributed by atoms with E-state index in [2.05, 4.69) is 4.98 Å². The van der Waals surface area contributed by atoms with Gasteiger partial charge >= 0.3 is 0 Å². The Morgan fingerprint density at radius 3 is 2.94 bits per heavy atom. The van der Waals surface area contributed by atoms with Crippen LogP contribution in [-0.2, 0) is 13.6 Å². The molecule has 1 aromatic heterocycles. The van der Waals surface area contributed by atoms with Crippen LogP contribution in [0.1, 0.15) is 5.56 Å². The van der Waals surface area contributed by atoms with Crippen molar-refractivity contribution in [2.75, 3.05) is 17.7 Å². The highest BCUT2D eigenvalue weighted by atomic mass is 16.1. The Balaban J connectivity index is 2.25. The third-order valence-electron chi connectivity index (χ3n) is 2.73. The van der Waals surface area contributed by atoms with Gasteiger partial charge in [-0.3, -0.25) is 4.79 Å². The van der Waals surface area contributed by atoms with E-state index in [1.165, 1.54) is 4.57 Å². The summed E-state index contributed by atoms with van der Waals surface area (Å²) in [4.78, 5) is 17.8. The fourth-order valence-electron chi connectivity index (χ4n) is 1.79. The first-order valence-corrected chi connectivity index (χ1v) is 5.65. The first-order chi connectivity index (χ1) is 8.58. The molecule has 0 aliphatic carbocycles. The lowest BCUT2D eigenvalue weighted by molar-refractivity contribution is 0.802. The molecule has 1 heterocycles. The number of aromatic nitrogens is 2. The summed E-state index contributed by atoms with van der Waals surface area (Å²) >= 11 is 0. The van der Waals surface area contributed by atoms with Gasteiger partial charge in [-0.05, 0) is 17.7 Å². The zero-order chi connectivity index (χ0) is 13.1. The standard InChI is InChI=1S/C13H16N4O/c1-16-7-6-15-12(13(16)18)17(2)9-10-4-3-5-11(14)8-10/h3-8H,9,14H2,1-2H3. The monoisotopic (exact) mass is 244 g/mol. The van der Waals surface area contributed by atoms with Crippen molar-refractivity contribution in [2.24, 2.45) is 7.05 Å². The molecule has 0 spiro atoms. The molecule has 18 heavy (non-hydrogen) atoms. The van der Waals surface area contributed by atoms with Gasteiger partial charge in [-0.2, -0.15) is 0 Å². The normalized spacial score (nSPS) is 10.3. The van der Waals surface area contributed by atoms with Crippen molar-refractivity contribution in [3.8, 4) is 0 Å². The molecule has 0 saturated heterocycles. The molecule has 0 unspecified atom stereocenters. The Bertz CT molecular complexity index is 606. The lowest BCUT2D eigenvalue weighted by atomic mass is 10.2. The average molecular weight is 244 g/mol. The van der Waals surface area contributed by atoms with E-state index in [0.29, 0.717) is 12.4 Å². The molecular weight excluding hydrogens is 228 g/mol. The van der Waals surface area contributed by atoms with E-state index in [1.807, 2.05) is 36.2 Å². The van der Waals surface area contributed by atoms with E-state index < -0.39 is 0 Å². The van der Waals surface area contributed by atoms with Gasteiger partial charge in [-0.1, -0.05) is 12.1 Å². The number of nitrogen functional groups attached to an aromatic ring is 1. The van der Waals surface area contributed by atoms with Crippen molar-refractivity contribution in [1.82, 2.24) is 9.55 Å². The van der Waals surface area contributed by atoms with Crippen LogP contribution in [0.25, 0.3) is 0 Å². The van der Waals surface area contributed by atoms with Gasteiger partial charge in [0.25, 0.3) is 5.56 Å². The fraction of sp³-hybridized carbons (Fsp3) is 0.231. The van der Waals surface area contributed by atoms with E-state index in [9.17, 15) is 4.79 Å². The second-order valence-electron chi connectivity index (χ2n) is 4.27. The summed E-state index contributed by atoms with van der Waals surface area (Å²) in [6.07, 6.45) is 3.26. The van der Waals surface area contributed by atoms with Crippen molar-refractivity contribution in [3.63, 3.8) is 0 Å². The fourth-order valence-corrected chi connectivity index (χ4v) is 1.79. The topological polar surface area (TPSA) is 64.2 Å². The minimum absolute atomic E-state index is 0.107. The lowest BCUT2D eigenvalue weighted by Gasteiger charge is -2.17. The van der Waals surface area contributed by atoms with E-state index >= 15 is 0 Å². The molecule has 2 N–H and O–H groups in total. The summed E-state index contributed by atoms with van der Waals surface area (Å²) in [6.45, 7) is 0.595. The quantitative estimate of drug-likeness (QED) is 0.818.